The van der Waals surface area contributed by atoms with Gasteiger partial charge in [0.05, 0.1) is 5.92 Å². The predicted molar refractivity (Wildman–Crippen MR) is 53.6 cm³/mol. The highest BCUT2D eigenvalue weighted by molar-refractivity contribution is 5.75. The topological polar surface area (TPSA) is 52.3 Å². The van der Waals surface area contributed by atoms with Crippen LogP contribution in [-0.4, -0.2) is 18.1 Å². The lowest BCUT2D eigenvalue weighted by Gasteiger charge is -2.14. The molecule has 0 saturated heterocycles. The van der Waals surface area contributed by atoms with Crippen LogP contribution in [0.4, 0.5) is 0 Å². The first-order valence-corrected chi connectivity index (χ1v) is 5.40. The van der Waals surface area contributed by atoms with Crippen molar-refractivity contribution in [1.29, 1.82) is 0 Å². The van der Waals surface area contributed by atoms with E-state index >= 15 is 0 Å². The van der Waals surface area contributed by atoms with E-state index in [0.29, 0.717) is 6.42 Å². The Kier molecular flexibility index (Phi) is 2.87. The van der Waals surface area contributed by atoms with Crippen molar-refractivity contribution in [2.24, 2.45) is 11.7 Å². The van der Waals surface area contributed by atoms with Gasteiger partial charge in [-0.2, -0.15) is 0 Å². The van der Waals surface area contributed by atoms with E-state index in [4.69, 9.17) is 10.5 Å². The second kappa shape index (κ2) is 4.13. The van der Waals surface area contributed by atoms with Gasteiger partial charge in [0.25, 0.3) is 0 Å². The van der Waals surface area contributed by atoms with E-state index in [1.165, 1.54) is 12.8 Å². The first kappa shape index (κ1) is 9.71. The second-order valence-electron chi connectivity index (χ2n) is 4.23. The molecule has 78 valence electrons. The molecule has 0 aromatic carbocycles. The summed E-state index contributed by atoms with van der Waals surface area (Å²) in [6.45, 7) is 0. The fourth-order valence-electron chi connectivity index (χ4n) is 2.16. The number of carbonyl (C=O) groups is 1. The molecular weight excluding hydrogens is 178 g/mol. The molecule has 1 saturated carbocycles. The molecule has 0 bridgehead atoms. The third-order valence-corrected chi connectivity index (χ3v) is 3.00. The van der Waals surface area contributed by atoms with E-state index in [0.717, 1.165) is 12.8 Å². The lowest BCUT2D eigenvalue weighted by atomic mass is 10.1. The molecule has 1 fully saturated rings. The Labute approximate surface area is 84.3 Å². The third-order valence-electron chi connectivity index (χ3n) is 3.00. The molecule has 3 heteroatoms. The van der Waals surface area contributed by atoms with Gasteiger partial charge in [0.2, 0.25) is 0 Å². The Morgan fingerprint density at radius 1 is 1.29 bits per heavy atom. The minimum atomic E-state index is -0.0920. The van der Waals surface area contributed by atoms with Crippen molar-refractivity contribution in [3.63, 3.8) is 0 Å². The number of ether oxygens (including phenoxy) is 1. The zero-order valence-corrected chi connectivity index (χ0v) is 8.32. The van der Waals surface area contributed by atoms with E-state index < -0.39 is 0 Å². The van der Waals surface area contributed by atoms with Crippen LogP contribution >= 0.6 is 0 Å². The number of hydrogen-bond acceptors (Lipinski definition) is 3. The molecule has 0 aromatic rings. The van der Waals surface area contributed by atoms with Crippen molar-refractivity contribution >= 4 is 5.97 Å². The van der Waals surface area contributed by atoms with E-state index in [9.17, 15) is 4.79 Å². The van der Waals surface area contributed by atoms with Gasteiger partial charge in [0.15, 0.2) is 0 Å². The molecule has 0 aliphatic heterocycles. The SMILES string of the molecule is NC1C=CC(C(=O)OC2CCCC2)C1. The maximum Gasteiger partial charge on any atom is 0.313 e. The summed E-state index contributed by atoms with van der Waals surface area (Å²) < 4.78 is 5.40. The van der Waals surface area contributed by atoms with Crippen LogP contribution in [0.15, 0.2) is 12.2 Å². The molecule has 2 N–H and O–H groups in total. The van der Waals surface area contributed by atoms with E-state index in [-0.39, 0.29) is 24.0 Å². The number of rotatable bonds is 2. The minimum absolute atomic E-state index is 0.0381. The summed E-state index contributed by atoms with van der Waals surface area (Å²) in [5.41, 5.74) is 5.68. The maximum absolute atomic E-state index is 11.6. The molecule has 0 amide bonds. The van der Waals surface area contributed by atoms with Gasteiger partial charge >= 0.3 is 5.97 Å². The van der Waals surface area contributed by atoms with Crippen LogP contribution in [0, 0.1) is 5.92 Å². The average molecular weight is 195 g/mol. The molecule has 2 aliphatic rings. The molecule has 2 rings (SSSR count). The maximum atomic E-state index is 11.6. The normalized spacial score (nSPS) is 32.4. The van der Waals surface area contributed by atoms with Crippen molar-refractivity contribution in [2.75, 3.05) is 0 Å². The Hall–Kier alpha value is -0.830. The second-order valence-corrected chi connectivity index (χ2v) is 4.23. The fraction of sp³-hybridized carbons (Fsp3) is 0.727. The summed E-state index contributed by atoms with van der Waals surface area (Å²) in [4.78, 5) is 11.6. The summed E-state index contributed by atoms with van der Waals surface area (Å²) in [5.74, 6) is -0.174. The molecule has 0 spiro atoms. The quantitative estimate of drug-likeness (QED) is 0.535. The minimum Gasteiger partial charge on any atom is -0.462 e. The highest BCUT2D eigenvalue weighted by Crippen LogP contribution is 2.24. The average Bonchev–Trinajstić information content (AvgIpc) is 2.75. The van der Waals surface area contributed by atoms with Crippen LogP contribution in [-0.2, 0) is 9.53 Å². The summed E-state index contributed by atoms with van der Waals surface area (Å²) in [6, 6.07) is 0.0381. The monoisotopic (exact) mass is 195 g/mol. The van der Waals surface area contributed by atoms with Gasteiger partial charge in [-0.15, -0.1) is 0 Å². The van der Waals surface area contributed by atoms with Gasteiger partial charge in [0, 0.05) is 6.04 Å². The van der Waals surface area contributed by atoms with Crippen LogP contribution in [0.25, 0.3) is 0 Å². The lowest BCUT2D eigenvalue weighted by Crippen LogP contribution is -2.23. The lowest BCUT2D eigenvalue weighted by molar-refractivity contribution is -0.152. The van der Waals surface area contributed by atoms with Crippen molar-refractivity contribution in [2.45, 2.75) is 44.2 Å². The largest absolute Gasteiger partial charge is 0.462 e. The molecular formula is C11H17NO2. The van der Waals surface area contributed by atoms with Crippen LogP contribution in [0.2, 0.25) is 0 Å². The molecule has 0 radical (unpaired) electrons. The number of esters is 1. The fourth-order valence-corrected chi connectivity index (χ4v) is 2.16. The van der Waals surface area contributed by atoms with Gasteiger partial charge in [-0.05, 0) is 32.1 Å². The Balaban J connectivity index is 1.80. The van der Waals surface area contributed by atoms with Gasteiger partial charge in [-0.25, -0.2) is 0 Å². The van der Waals surface area contributed by atoms with E-state index in [2.05, 4.69) is 0 Å². The number of carbonyl (C=O) groups excluding carboxylic acids is 1. The zero-order chi connectivity index (χ0) is 9.97. The van der Waals surface area contributed by atoms with Crippen LogP contribution in [0.5, 0.6) is 0 Å². The zero-order valence-electron chi connectivity index (χ0n) is 8.32. The van der Waals surface area contributed by atoms with E-state index in [1.54, 1.807) is 0 Å². The Morgan fingerprint density at radius 3 is 2.57 bits per heavy atom. The standard InChI is InChI=1S/C11H17NO2/c12-9-6-5-8(7-9)11(13)14-10-3-1-2-4-10/h5-6,8-10H,1-4,7,12H2. The summed E-state index contributed by atoms with van der Waals surface area (Å²) in [5, 5.41) is 0. The van der Waals surface area contributed by atoms with Crippen molar-refractivity contribution < 1.29 is 9.53 Å². The van der Waals surface area contributed by atoms with Gasteiger partial charge in [-0.3, -0.25) is 4.79 Å². The Bertz CT molecular complexity index is 244. The first-order valence-electron chi connectivity index (χ1n) is 5.40. The molecule has 2 unspecified atom stereocenters. The summed E-state index contributed by atoms with van der Waals surface area (Å²) in [7, 11) is 0. The predicted octanol–water partition coefficient (Wildman–Crippen LogP) is 1.38. The highest BCUT2D eigenvalue weighted by Gasteiger charge is 2.27. The summed E-state index contributed by atoms with van der Waals surface area (Å²) >= 11 is 0. The molecule has 3 nitrogen and oxygen atoms in total. The molecule has 14 heavy (non-hydrogen) atoms. The highest BCUT2D eigenvalue weighted by atomic mass is 16.5. The number of hydrogen-bond donors (Lipinski definition) is 1. The summed E-state index contributed by atoms with van der Waals surface area (Å²) in [6.07, 6.45) is 9.11. The van der Waals surface area contributed by atoms with Crippen molar-refractivity contribution in [1.82, 2.24) is 0 Å². The van der Waals surface area contributed by atoms with Crippen LogP contribution in [0.3, 0.4) is 0 Å². The van der Waals surface area contributed by atoms with Crippen LogP contribution < -0.4 is 5.73 Å². The first-order chi connectivity index (χ1) is 6.75. The molecule has 0 heterocycles. The van der Waals surface area contributed by atoms with Gasteiger partial charge in [0.1, 0.15) is 6.10 Å². The molecule has 2 aliphatic carbocycles. The van der Waals surface area contributed by atoms with Gasteiger partial charge < -0.3 is 10.5 Å². The third kappa shape index (κ3) is 2.15. The van der Waals surface area contributed by atoms with Crippen LogP contribution in [0.1, 0.15) is 32.1 Å². The van der Waals surface area contributed by atoms with Crippen molar-refractivity contribution in [3.05, 3.63) is 12.2 Å². The van der Waals surface area contributed by atoms with Crippen molar-refractivity contribution in [3.8, 4) is 0 Å². The van der Waals surface area contributed by atoms with Gasteiger partial charge in [-0.1, -0.05) is 12.2 Å². The smallest absolute Gasteiger partial charge is 0.313 e. The molecule has 0 aromatic heterocycles. The number of nitrogens with two attached hydrogens (primary N) is 1. The molecule has 2 atom stereocenters. The Morgan fingerprint density at radius 2 is 2.00 bits per heavy atom. The van der Waals surface area contributed by atoms with E-state index in [1.807, 2.05) is 12.2 Å².